The fourth-order valence-electron chi connectivity index (χ4n) is 1.87. The number of ketones is 1. The van der Waals surface area contributed by atoms with E-state index in [4.69, 9.17) is 0 Å². The van der Waals surface area contributed by atoms with Gasteiger partial charge < -0.3 is 9.64 Å². The van der Waals surface area contributed by atoms with Crippen molar-refractivity contribution in [1.82, 2.24) is 0 Å². The summed E-state index contributed by atoms with van der Waals surface area (Å²) in [4.78, 5) is 35.8. The molecule has 1 aromatic carbocycles. The Balaban J connectivity index is 2.36. The third-order valence-electron chi connectivity index (χ3n) is 2.75. The predicted octanol–water partition coefficient (Wildman–Crippen LogP) is 1.68. The SMILES string of the molecule is COC(=O)CCN1C(=O)C(=O)c2cc(F)cc(Br)c21. The highest BCUT2D eigenvalue weighted by atomic mass is 79.9. The van der Waals surface area contributed by atoms with Crippen LogP contribution in [0, 0.1) is 5.82 Å². The molecule has 0 N–H and O–H groups in total. The van der Waals surface area contributed by atoms with E-state index in [1.165, 1.54) is 7.11 Å². The molecule has 2 rings (SSSR count). The predicted molar refractivity (Wildman–Crippen MR) is 67.4 cm³/mol. The highest BCUT2D eigenvalue weighted by Gasteiger charge is 2.37. The monoisotopic (exact) mass is 329 g/mol. The standard InChI is InChI=1S/C12H9BrFNO4/c1-19-9(16)2-3-15-10-7(11(17)12(15)18)4-6(14)5-8(10)13/h4-5H,2-3H2,1H3. The number of halogens is 2. The second-order valence-corrected chi connectivity index (χ2v) is 4.75. The molecule has 1 aromatic rings. The van der Waals surface area contributed by atoms with Gasteiger partial charge in [-0.1, -0.05) is 0 Å². The number of carbonyl (C=O) groups excluding carboxylic acids is 3. The molecular formula is C12H9BrFNO4. The normalized spacial score (nSPS) is 13.7. The molecule has 0 radical (unpaired) electrons. The van der Waals surface area contributed by atoms with Crippen LogP contribution in [0.1, 0.15) is 16.8 Å². The summed E-state index contributed by atoms with van der Waals surface area (Å²) in [5.74, 6) is -2.65. The lowest BCUT2D eigenvalue weighted by molar-refractivity contribution is -0.140. The molecule has 0 aromatic heterocycles. The summed E-state index contributed by atoms with van der Waals surface area (Å²) in [5, 5.41) is 0. The van der Waals surface area contributed by atoms with Crippen LogP contribution in [0.25, 0.3) is 0 Å². The van der Waals surface area contributed by atoms with Crippen LogP contribution in [0.2, 0.25) is 0 Å². The third-order valence-corrected chi connectivity index (χ3v) is 3.35. The van der Waals surface area contributed by atoms with Crippen LogP contribution in [-0.2, 0) is 14.3 Å². The summed E-state index contributed by atoms with van der Waals surface area (Å²) in [5.41, 5.74) is 0.294. The number of nitrogens with zero attached hydrogens (tertiary/aromatic N) is 1. The fraction of sp³-hybridized carbons (Fsp3) is 0.250. The van der Waals surface area contributed by atoms with Gasteiger partial charge in [0.1, 0.15) is 5.82 Å². The first-order valence-electron chi connectivity index (χ1n) is 5.37. The number of benzene rings is 1. The van der Waals surface area contributed by atoms with Crippen molar-refractivity contribution in [2.75, 3.05) is 18.6 Å². The average Bonchev–Trinajstić information content (AvgIpc) is 2.60. The molecule has 1 amide bonds. The van der Waals surface area contributed by atoms with Gasteiger partial charge in [-0.25, -0.2) is 4.39 Å². The number of carbonyl (C=O) groups is 3. The lowest BCUT2D eigenvalue weighted by atomic mass is 10.1. The summed E-state index contributed by atoms with van der Waals surface area (Å²) in [6, 6.07) is 2.17. The van der Waals surface area contributed by atoms with Crippen molar-refractivity contribution in [2.45, 2.75) is 6.42 Å². The van der Waals surface area contributed by atoms with E-state index in [0.29, 0.717) is 10.2 Å². The molecule has 7 heteroatoms. The number of fused-ring (bicyclic) bond motifs is 1. The largest absolute Gasteiger partial charge is 0.469 e. The summed E-state index contributed by atoms with van der Waals surface area (Å²) in [6.45, 7) is 0.00841. The molecule has 0 spiro atoms. The van der Waals surface area contributed by atoms with E-state index in [1.54, 1.807) is 0 Å². The van der Waals surface area contributed by atoms with Crippen molar-refractivity contribution in [3.8, 4) is 0 Å². The van der Waals surface area contributed by atoms with Crippen LogP contribution >= 0.6 is 15.9 Å². The summed E-state index contributed by atoms with van der Waals surface area (Å²) >= 11 is 3.12. The number of methoxy groups -OCH3 is 1. The van der Waals surface area contributed by atoms with Crippen LogP contribution in [0.4, 0.5) is 10.1 Å². The van der Waals surface area contributed by atoms with Crippen LogP contribution in [0.5, 0.6) is 0 Å². The summed E-state index contributed by atoms with van der Waals surface area (Å²) < 4.78 is 18.0. The minimum absolute atomic E-state index is 0.00161. The van der Waals surface area contributed by atoms with E-state index in [0.717, 1.165) is 17.0 Å². The van der Waals surface area contributed by atoms with Crippen molar-refractivity contribution in [3.05, 3.63) is 28.0 Å². The minimum atomic E-state index is -0.778. The van der Waals surface area contributed by atoms with Gasteiger partial charge in [-0.3, -0.25) is 14.4 Å². The Morgan fingerprint density at radius 1 is 1.42 bits per heavy atom. The molecule has 0 saturated carbocycles. The Labute approximate surface area is 116 Å². The van der Waals surface area contributed by atoms with Gasteiger partial charge in [0.15, 0.2) is 0 Å². The van der Waals surface area contributed by atoms with Gasteiger partial charge in [0.05, 0.1) is 24.8 Å². The molecular weight excluding hydrogens is 321 g/mol. The first kappa shape index (κ1) is 13.7. The molecule has 5 nitrogen and oxygen atoms in total. The maximum Gasteiger partial charge on any atom is 0.307 e. The molecule has 0 unspecified atom stereocenters. The summed E-state index contributed by atoms with van der Waals surface area (Å²) in [6.07, 6.45) is -0.0429. The Morgan fingerprint density at radius 3 is 2.74 bits per heavy atom. The molecule has 1 aliphatic rings. The Morgan fingerprint density at radius 2 is 2.11 bits per heavy atom. The number of amides is 1. The lowest BCUT2D eigenvalue weighted by Gasteiger charge is -2.16. The second kappa shape index (κ2) is 5.08. The quantitative estimate of drug-likeness (QED) is 0.625. The summed E-state index contributed by atoms with van der Waals surface area (Å²) in [7, 11) is 1.23. The van der Waals surface area contributed by atoms with Crippen LogP contribution in [-0.4, -0.2) is 31.3 Å². The average molecular weight is 330 g/mol. The van der Waals surface area contributed by atoms with Gasteiger partial charge in [0.2, 0.25) is 0 Å². The zero-order valence-electron chi connectivity index (χ0n) is 9.91. The number of rotatable bonds is 3. The Kier molecular flexibility index (Phi) is 3.66. The molecule has 1 aliphatic heterocycles. The van der Waals surface area contributed by atoms with Gasteiger partial charge >= 0.3 is 5.97 Å². The van der Waals surface area contributed by atoms with E-state index >= 15 is 0 Å². The van der Waals surface area contributed by atoms with Gasteiger partial charge in [-0.15, -0.1) is 0 Å². The molecule has 0 saturated heterocycles. The van der Waals surface area contributed by atoms with E-state index in [2.05, 4.69) is 20.7 Å². The van der Waals surface area contributed by atoms with E-state index < -0.39 is 23.5 Å². The molecule has 19 heavy (non-hydrogen) atoms. The Hall–Kier alpha value is -1.76. The minimum Gasteiger partial charge on any atom is -0.469 e. The van der Waals surface area contributed by atoms with Crippen molar-refractivity contribution >= 4 is 39.3 Å². The fourth-order valence-corrected chi connectivity index (χ4v) is 2.52. The first-order valence-corrected chi connectivity index (χ1v) is 6.17. The van der Waals surface area contributed by atoms with Crippen LogP contribution in [0.15, 0.2) is 16.6 Å². The van der Waals surface area contributed by atoms with E-state index in [1.807, 2.05) is 0 Å². The zero-order valence-corrected chi connectivity index (χ0v) is 11.5. The molecule has 0 bridgehead atoms. The molecule has 0 atom stereocenters. The highest BCUT2D eigenvalue weighted by Crippen LogP contribution is 2.36. The molecule has 100 valence electrons. The maximum absolute atomic E-state index is 13.2. The van der Waals surface area contributed by atoms with Crippen LogP contribution < -0.4 is 4.90 Å². The van der Waals surface area contributed by atoms with Crippen LogP contribution in [0.3, 0.4) is 0 Å². The topological polar surface area (TPSA) is 63.7 Å². The number of ether oxygens (including phenoxy) is 1. The number of hydrogen-bond acceptors (Lipinski definition) is 4. The van der Waals surface area contributed by atoms with E-state index in [9.17, 15) is 18.8 Å². The lowest BCUT2D eigenvalue weighted by Crippen LogP contribution is -2.32. The van der Waals surface area contributed by atoms with Crippen molar-refractivity contribution in [1.29, 1.82) is 0 Å². The van der Waals surface area contributed by atoms with Gasteiger partial charge in [0, 0.05) is 11.0 Å². The second-order valence-electron chi connectivity index (χ2n) is 3.90. The highest BCUT2D eigenvalue weighted by molar-refractivity contribution is 9.10. The molecule has 0 aliphatic carbocycles. The number of esters is 1. The third kappa shape index (κ3) is 2.37. The maximum atomic E-state index is 13.2. The number of Topliss-reactive ketones (excluding diaryl/α,β-unsaturated/α-hetero) is 1. The van der Waals surface area contributed by atoms with Crippen molar-refractivity contribution in [3.63, 3.8) is 0 Å². The number of anilines is 1. The van der Waals surface area contributed by atoms with Crippen molar-refractivity contribution < 1.29 is 23.5 Å². The number of hydrogen-bond donors (Lipinski definition) is 0. The zero-order chi connectivity index (χ0) is 14.2. The molecule has 0 fully saturated rings. The molecule has 1 heterocycles. The van der Waals surface area contributed by atoms with Gasteiger partial charge in [-0.05, 0) is 28.1 Å². The first-order chi connectivity index (χ1) is 8.95. The van der Waals surface area contributed by atoms with Crippen molar-refractivity contribution in [2.24, 2.45) is 0 Å². The van der Waals surface area contributed by atoms with E-state index in [-0.39, 0.29) is 18.5 Å². The van der Waals surface area contributed by atoms with Gasteiger partial charge in [-0.2, -0.15) is 0 Å². The Bertz CT molecular complexity index is 587. The van der Waals surface area contributed by atoms with Gasteiger partial charge in [0.25, 0.3) is 11.7 Å². The smallest absolute Gasteiger partial charge is 0.307 e.